The number of aliphatic hydroxyl groups is 1. The highest BCUT2D eigenvalue weighted by Crippen LogP contribution is 2.40. The number of aliphatic hydroxyl groups excluding tert-OH is 1. The van der Waals surface area contributed by atoms with E-state index in [0.717, 1.165) is 0 Å². The molecule has 2 atom stereocenters. The van der Waals surface area contributed by atoms with E-state index in [1.165, 1.54) is 7.11 Å². The van der Waals surface area contributed by atoms with Crippen molar-refractivity contribution in [3.63, 3.8) is 0 Å². The van der Waals surface area contributed by atoms with E-state index in [1.54, 1.807) is 18.2 Å². The Morgan fingerprint density at radius 3 is 2.77 bits per heavy atom. The van der Waals surface area contributed by atoms with E-state index < -0.39 is 12.7 Å². The molecular formula is C16H16O6. The molecule has 3 rings (SSSR count). The van der Waals surface area contributed by atoms with Gasteiger partial charge in [-0.1, -0.05) is 13.0 Å². The number of ketones is 1. The van der Waals surface area contributed by atoms with E-state index >= 15 is 0 Å². The van der Waals surface area contributed by atoms with E-state index in [4.69, 9.17) is 14.2 Å². The lowest BCUT2D eigenvalue weighted by Gasteiger charge is -2.17. The van der Waals surface area contributed by atoms with Gasteiger partial charge in [0.15, 0.2) is 5.76 Å². The van der Waals surface area contributed by atoms with Crippen molar-refractivity contribution in [2.24, 2.45) is 5.92 Å². The molecule has 0 radical (unpaired) electrons. The van der Waals surface area contributed by atoms with Gasteiger partial charge in [-0.05, 0) is 12.1 Å². The first-order valence-electron chi connectivity index (χ1n) is 6.99. The molecule has 6 nitrogen and oxygen atoms in total. The number of cyclic esters (lactones) is 1. The summed E-state index contributed by atoms with van der Waals surface area (Å²) in [6, 6.07) is 5.03. The Labute approximate surface area is 127 Å². The van der Waals surface area contributed by atoms with Gasteiger partial charge in [-0.2, -0.15) is 0 Å². The number of esters is 1. The molecule has 2 aliphatic rings. The molecule has 116 valence electrons. The molecule has 0 aliphatic carbocycles. The van der Waals surface area contributed by atoms with E-state index in [1.807, 2.05) is 6.92 Å². The topological polar surface area (TPSA) is 82.1 Å². The van der Waals surface area contributed by atoms with Crippen molar-refractivity contribution in [2.75, 3.05) is 13.7 Å². The quantitative estimate of drug-likeness (QED) is 0.672. The van der Waals surface area contributed by atoms with Crippen molar-refractivity contribution < 1.29 is 28.9 Å². The number of fused-ring (bicyclic) bond motifs is 1. The molecular weight excluding hydrogens is 288 g/mol. The molecule has 6 heteroatoms. The number of hydrogen-bond donors (Lipinski definition) is 1. The van der Waals surface area contributed by atoms with E-state index in [0.29, 0.717) is 22.6 Å². The number of carbonyl (C=O) groups is 2. The van der Waals surface area contributed by atoms with Crippen LogP contribution in [0, 0.1) is 5.92 Å². The third-order valence-corrected chi connectivity index (χ3v) is 3.92. The molecule has 1 aromatic rings. The van der Waals surface area contributed by atoms with Crippen LogP contribution in [0.3, 0.4) is 0 Å². The van der Waals surface area contributed by atoms with Crippen LogP contribution in [-0.4, -0.2) is 36.7 Å². The van der Waals surface area contributed by atoms with Gasteiger partial charge in [-0.3, -0.25) is 9.59 Å². The van der Waals surface area contributed by atoms with Crippen molar-refractivity contribution >= 4 is 11.8 Å². The second-order valence-electron chi connectivity index (χ2n) is 5.37. The van der Waals surface area contributed by atoms with Gasteiger partial charge in [-0.25, -0.2) is 0 Å². The molecule has 1 N–H and O–H groups in total. The van der Waals surface area contributed by atoms with Crippen LogP contribution in [0.5, 0.6) is 11.5 Å². The summed E-state index contributed by atoms with van der Waals surface area (Å²) < 4.78 is 16.0. The molecule has 0 bridgehead atoms. The predicted molar refractivity (Wildman–Crippen MR) is 75.7 cm³/mol. The third kappa shape index (κ3) is 2.16. The van der Waals surface area contributed by atoms with Crippen LogP contribution in [-0.2, 0) is 9.53 Å². The Bertz CT molecular complexity index is 675. The minimum Gasteiger partial charge on any atom is -0.496 e. The molecule has 0 unspecified atom stereocenters. The highest BCUT2D eigenvalue weighted by molar-refractivity contribution is 6.14. The van der Waals surface area contributed by atoms with Crippen LogP contribution in [0.1, 0.15) is 23.7 Å². The van der Waals surface area contributed by atoms with Gasteiger partial charge in [0.2, 0.25) is 5.78 Å². The summed E-state index contributed by atoms with van der Waals surface area (Å²) in [5, 5.41) is 9.66. The number of hydrogen-bond acceptors (Lipinski definition) is 6. The standard InChI is InChI=1S/C16H16O6/c1-8-6-12(18)22-15(8)9(7-17)16-14(19)13-10(20-2)4-3-5-11(13)21-16/h3-5,8,15,17H,6-7H2,1-2H3/b16-9-/t8-,15-/m0/s1. The Balaban J connectivity index is 2.05. The van der Waals surface area contributed by atoms with E-state index in [9.17, 15) is 14.7 Å². The summed E-state index contributed by atoms with van der Waals surface area (Å²) in [5.74, 6) is -0.0255. The van der Waals surface area contributed by atoms with E-state index in [2.05, 4.69) is 0 Å². The average Bonchev–Trinajstić information content (AvgIpc) is 3.01. The van der Waals surface area contributed by atoms with Crippen LogP contribution in [0.2, 0.25) is 0 Å². The monoisotopic (exact) mass is 304 g/mol. The summed E-state index contributed by atoms with van der Waals surface area (Å²) in [6.45, 7) is 1.42. The summed E-state index contributed by atoms with van der Waals surface area (Å²) in [5.41, 5.74) is 0.615. The fourth-order valence-electron chi connectivity index (χ4n) is 2.85. The zero-order chi connectivity index (χ0) is 15.9. The molecule has 0 saturated carbocycles. The SMILES string of the molecule is COc1cccc2c1C(=O)/C(=C(\CO)[C@H]1OC(=O)C[C@@H]1C)O2. The summed E-state index contributed by atoms with van der Waals surface area (Å²) >= 11 is 0. The average molecular weight is 304 g/mol. The molecule has 1 saturated heterocycles. The second kappa shape index (κ2) is 5.46. The first kappa shape index (κ1) is 14.6. The van der Waals surface area contributed by atoms with Gasteiger partial charge >= 0.3 is 5.97 Å². The highest BCUT2D eigenvalue weighted by atomic mass is 16.6. The lowest BCUT2D eigenvalue weighted by molar-refractivity contribution is -0.140. The van der Waals surface area contributed by atoms with Gasteiger partial charge in [0.05, 0.1) is 20.1 Å². The molecule has 1 fully saturated rings. The first-order valence-corrected chi connectivity index (χ1v) is 6.99. The number of carbonyl (C=O) groups excluding carboxylic acids is 2. The molecule has 0 spiro atoms. The molecule has 0 aromatic heterocycles. The maximum atomic E-state index is 12.6. The number of rotatable bonds is 3. The number of ether oxygens (including phenoxy) is 3. The summed E-state index contributed by atoms with van der Waals surface area (Å²) in [7, 11) is 1.47. The van der Waals surface area contributed by atoms with Crippen molar-refractivity contribution in [3.8, 4) is 11.5 Å². The largest absolute Gasteiger partial charge is 0.496 e. The normalized spacial score (nSPS) is 25.6. The summed E-state index contributed by atoms with van der Waals surface area (Å²) in [4.78, 5) is 24.0. The predicted octanol–water partition coefficient (Wildman–Crippen LogP) is 1.47. The number of benzene rings is 1. The Hall–Kier alpha value is -2.34. The molecule has 0 amide bonds. The zero-order valence-corrected chi connectivity index (χ0v) is 12.3. The van der Waals surface area contributed by atoms with Gasteiger partial charge in [0.25, 0.3) is 0 Å². The van der Waals surface area contributed by atoms with Crippen LogP contribution in [0.4, 0.5) is 0 Å². The summed E-state index contributed by atoms with van der Waals surface area (Å²) in [6.07, 6.45) is -0.386. The molecule has 1 aromatic carbocycles. The van der Waals surface area contributed by atoms with Crippen molar-refractivity contribution in [3.05, 3.63) is 35.1 Å². The van der Waals surface area contributed by atoms with Crippen LogP contribution in [0.25, 0.3) is 0 Å². The minimum atomic E-state index is -0.642. The third-order valence-electron chi connectivity index (χ3n) is 3.92. The van der Waals surface area contributed by atoms with Crippen molar-refractivity contribution in [2.45, 2.75) is 19.4 Å². The smallest absolute Gasteiger partial charge is 0.306 e. The molecule has 2 aliphatic heterocycles. The Morgan fingerprint density at radius 1 is 1.41 bits per heavy atom. The maximum absolute atomic E-state index is 12.6. The van der Waals surface area contributed by atoms with Crippen molar-refractivity contribution in [1.29, 1.82) is 0 Å². The second-order valence-corrected chi connectivity index (χ2v) is 5.37. The van der Waals surface area contributed by atoms with Crippen LogP contribution < -0.4 is 9.47 Å². The van der Waals surface area contributed by atoms with E-state index in [-0.39, 0.29) is 29.9 Å². The molecule has 22 heavy (non-hydrogen) atoms. The van der Waals surface area contributed by atoms with Crippen molar-refractivity contribution in [1.82, 2.24) is 0 Å². The zero-order valence-electron chi connectivity index (χ0n) is 12.3. The lowest BCUT2D eigenvalue weighted by Crippen LogP contribution is -2.23. The van der Waals surface area contributed by atoms with Gasteiger partial charge in [-0.15, -0.1) is 0 Å². The number of allylic oxidation sites excluding steroid dienone is 1. The Morgan fingerprint density at radius 2 is 2.18 bits per heavy atom. The number of Topliss-reactive ketones (excluding diaryl/α,β-unsaturated/α-hetero) is 1. The number of methoxy groups -OCH3 is 1. The maximum Gasteiger partial charge on any atom is 0.306 e. The lowest BCUT2D eigenvalue weighted by atomic mass is 9.95. The fraction of sp³-hybridized carbons (Fsp3) is 0.375. The Kier molecular flexibility index (Phi) is 3.62. The van der Waals surface area contributed by atoms with Gasteiger partial charge in [0.1, 0.15) is 23.2 Å². The van der Waals surface area contributed by atoms with Crippen LogP contribution in [0.15, 0.2) is 29.5 Å². The van der Waals surface area contributed by atoms with Gasteiger partial charge in [0, 0.05) is 11.5 Å². The van der Waals surface area contributed by atoms with Gasteiger partial charge < -0.3 is 19.3 Å². The molecule has 2 heterocycles. The van der Waals surface area contributed by atoms with Crippen LogP contribution >= 0.6 is 0 Å². The highest BCUT2D eigenvalue weighted by Gasteiger charge is 2.40. The minimum absolute atomic E-state index is 0.0218. The first-order chi connectivity index (χ1) is 10.6. The fourth-order valence-corrected chi connectivity index (χ4v) is 2.85.